The first-order chi connectivity index (χ1) is 11.9. The number of nitrogens with zero attached hydrogens (tertiary/aromatic N) is 2. The van der Waals surface area contributed by atoms with E-state index in [1.165, 1.54) is 6.33 Å². The molecule has 6 nitrogen and oxygen atoms in total. The Kier molecular flexibility index (Phi) is 6.74. The minimum absolute atomic E-state index is 0.137. The topological polar surface area (TPSA) is 76.1 Å². The normalized spacial score (nSPS) is 10.8. The van der Waals surface area contributed by atoms with E-state index in [1.54, 1.807) is 6.07 Å². The maximum absolute atomic E-state index is 12.1. The highest BCUT2D eigenvalue weighted by molar-refractivity contribution is 5.92. The number of carbonyl (C=O) groups excluding carboxylic acids is 1. The summed E-state index contributed by atoms with van der Waals surface area (Å²) in [6, 6.07) is 9.24. The van der Waals surface area contributed by atoms with Crippen molar-refractivity contribution < 1.29 is 9.53 Å². The fourth-order valence-electron chi connectivity index (χ4n) is 2.15. The molecule has 1 amide bonds. The lowest BCUT2D eigenvalue weighted by atomic mass is 10.1. The van der Waals surface area contributed by atoms with E-state index in [4.69, 9.17) is 4.74 Å². The van der Waals surface area contributed by atoms with Crippen LogP contribution in [0.1, 0.15) is 44.6 Å². The third kappa shape index (κ3) is 6.41. The van der Waals surface area contributed by atoms with Gasteiger partial charge >= 0.3 is 0 Å². The lowest BCUT2D eigenvalue weighted by molar-refractivity contribution is 0.0947. The molecular formula is C19H26N4O2. The number of ether oxygens (including phenoxy) is 1. The van der Waals surface area contributed by atoms with Crippen LogP contribution in [0.4, 0.5) is 11.5 Å². The van der Waals surface area contributed by atoms with Crippen LogP contribution in [-0.2, 0) is 0 Å². The van der Waals surface area contributed by atoms with Crippen LogP contribution in [0, 0.1) is 5.92 Å². The molecule has 25 heavy (non-hydrogen) atoms. The molecule has 0 aliphatic carbocycles. The van der Waals surface area contributed by atoms with E-state index in [-0.39, 0.29) is 12.0 Å². The molecule has 2 N–H and O–H groups in total. The highest BCUT2D eigenvalue weighted by Gasteiger charge is 2.09. The Balaban J connectivity index is 1.97. The second-order valence-electron chi connectivity index (χ2n) is 6.54. The molecule has 0 saturated carbocycles. The number of nitrogens with one attached hydrogen (secondary N) is 2. The Morgan fingerprint density at radius 3 is 2.48 bits per heavy atom. The number of anilines is 2. The number of benzene rings is 1. The van der Waals surface area contributed by atoms with Crippen LogP contribution >= 0.6 is 0 Å². The van der Waals surface area contributed by atoms with Gasteiger partial charge in [0.25, 0.3) is 5.91 Å². The number of aromatic nitrogens is 2. The van der Waals surface area contributed by atoms with Gasteiger partial charge in [-0.2, -0.15) is 0 Å². The van der Waals surface area contributed by atoms with Crippen LogP contribution in [0.15, 0.2) is 36.7 Å². The Morgan fingerprint density at radius 1 is 1.12 bits per heavy atom. The third-order valence-corrected chi connectivity index (χ3v) is 3.41. The lowest BCUT2D eigenvalue weighted by Gasteiger charge is -2.11. The van der Waals surface area contributed by atoms with Gasteiger partial charge in [-0.15, -0.1) is 0 Å². The van der Waals surface area contributed by atoms with E-state index in [2.05, 4.69) is 34.4 Å². The molecule has 2 aromatic rings. The second kappa shape index (κ2) is 9.01. The largest absolute Gasteiger partial charge is 0.491 e. The van der Waals surface area contributed by atoms with Gasteiger partial charge in [-0.05, 0) is 50.5 Å². The van der Waals surface area contributed by atoms with Crippen molar-refractivity contribution in [2.75, 3.05) is 11.9 Å². The first-order valence-electron chi connectivity index (χ1n) is 8.58. The molecule has 0 unspecified atom stereocenters. The summed E-state index contributed by atoms with van der Waals surface area (Å²) >= 11 is 0. The number of hydrogen-bond acceptors (Lipinski definition) is 5. The summed E-state index contributed by atoms with van der Waals surface area (Å²) in [5.74, 6) is 1.74. The highest BCUT2D eigenvalue weighted by atomic mass is 16.5. The molecule has 0 fully saturated rings. The van der Waals surface area contributed by atoms with Gasteiger partial charge < -0.3 is 15.4 Å². The summed E-state index contributed by atoms with van der Waals surface area (Å²) in [5.41, 5.74) is 1.21. The molecule has 0 atom stereocenters. The molecule has 1 heterocycles. The van der Waals surface area contributed by atoms with Crippen molar-refractivity contribution in [1.29, 1.82) is 0 Å². The van der Waals surface area contributed by atoms with Crippen LogP contribution < -0.4 is 15.4 Å². The maximum Gasteiger partial charge on any atom is 0.270 e. The molecule has 0 bridgehead atoms. The monoisotopic (exact) mass is 342 g/mol. The minimum Gasteiger partial charge on any atom is -0.491 e. The first kappa shape index (κ1) is 18.7. The minimum atomic E-state index is -0.188. The predicted molar refractivity (Wildman–Crippen MR) is 99.3 cm³/mol. The van der Waals surface area contributed by atoms with Crippen LogP contribution in [0.2, 0.25) is 0 Å². The van der Waals surface area contributed by atoms with E-state index >= 15 is 0 Å². The number of rotatable bonds is 8. The average Bonchev–Trinajstić information content (AvgIpc) is 2.56. The van der Waals surface area contributed by atoms with E-state index in [1.807, 2.05) is 38.1 Å². The smallest absolute Gasteiger partial charge is 0.270 e. The number of carbonyl (C=O) groups is 1. The standard InChI is InChI=1S/C19H26N4O2/c1-13(2)9-10-20-19(24)17-11-18(22-12-21-17)23-15-5-7-16(8-6-15)25-14(3)4/h5-8,11-14H,9-10H2,1-4H3,(H,20,24)(H,21,22,23). The zero-order valence-corrected chi connectivity index (χ0v) is 15.2. The Hall–Kier alpha value is -2.63. The number of amides is 1. The summed E-state index contributed by atoms with van der Waals surface area (Å²) in [7, 11) is 0. The lowest BCUT2D eigenvalue weighted by Crippen LogP contribution is -2.26. The van der Waals surface area contributed by atoms with Crippen LogP contribution in [0.3, 0.4) is 0 Å². The van der Waals surface area contributed by atoms with Gasteiger partial charge in [-0.25, -0.2) is 9.97 Å². The molecular weight excluding hydrogens is 316 g/mol. The Labute approximate surface area is 149 Å². The molecule has 0 radical (unpaired) electrons. The molecule has 0 aliphatic rings. The van der Waals surface area contributed by atoms with Crippen molar-refractivity contribution in [3.8, 4) is 5.75 Å². The van der Waals surface area contributed by atoms with E-state index in [9.17, 15) is 4.79 Å². The van der Waals surface area contributed by atoms with Gasteiger partial charge in [0.15, 0.2) is 0 Å². The second-order valence-corrected chi connectivity index (χ2v) is 6.54. The molecule has 0 saturated heterocycles. The fraction of sp³-hybridized carbons (Fsp3) is 0.421. The van der Waals surface area contributed by atoms with Crippen molar-refractivity contribution >= 4 is 17.4 Å². The average molecular weight is 342 g/mol. The molecule has 0 aliphatic heterocycles. The van der Waals surface area contributed by atoms with E-state index < -0.39 is 0 Å². The summed E-state index contributed by atoms with van der Waals surface area (Å²) in [5, 5.41) is 6.04. The third-order valence-electron chi connectivity index (χ3n) is 3.41. The Bertz CT molecular complexity index is 684. The molecule has 1 aromatic heterocycles. The quantitative estimate of drug-likeness (QED) is 0.763. The summed E-state index contributed by atoms with van der Waals surface area (Å²) < 4.78 is 5.62. The molecule has 134 valence electrons. The van der Waals surface area contributed by atoms with E-state index in [0.717, 1.165) is 17.9 Å². The van der Waals surface area contributed by atoms with Gasteiger partial charge in [-0.3, -0.25) is 4.79 Å². The summed E-state index contributed by atoms with van der Waals surface area (Å²) in [4.78, 5) is 20.3. The number of hydrogen-bond donors (Lipinski definition) is 2. The fourth-order valence-corrected chi connectivity index (χ4v) is 2.15. The first-order valence-corrected chi connectivity index (χ1v) is 8.58. The van der Waals surface area contributed by atoms with Crippen molar-refractivity contribution in [2.24, 2.45) is 5.92 Å². The SMILES string of the molecule is CC(C)CCNC(=O)c1cc(Nc2ccc(OC(C)C)cc2)ncn1. The van der Waals surface area contributed by atoms with Crippen molar-refractivity contribution in [3.63, 3.8) is 0 Å². The van der Waals surface area contributed by atoms with Crippen molar-refractivity contribution in [2.45, 2.75) is 40.2 Å². The molecule has 0 spiro atoms. The van der Waals surface area contributed by atoms with Crippen LogP contribution in [0.25, 0.3) is 0 Å². The van der Waals surface area contributed by atoms with Crippen LogP contribution in [0.5, 0.6) is 5.75 Å². The molecule has 2 rings (SSSR count). The van der Waals surface area contributed by atoms with Crippen molar-refractivity contribution in [1.82, 2.24) is 15.3 Å². The summed E-state index contributed by atoms with van der Waals surface area (Å²) in [6.45, 7) is 8.86. The maximum atomic E-state index is 12.1. The van der Waals surface area contributed by atoms with Gasteiger partial charge in [0, 0.05) is 18.3 Å². The van der Waals surface area contributed by atoms with Gasteiger partial charge in [0.05, 0.1) is 6.10 Å². The van der Waals surface area contributed by atoms with Crippen molar-refractivity contribution in [3.05, 3.63) is 42.4 Å². The van der Waals surface area contributed by atoms with E-state index in [0.29, 0.717) is 24.0 Å². The summed E-state index contributed by atoms with van der Waals surface area (Å²) in [6.07, 6.45) is 2.46. The van der Waals surface area contributed by atoms with Gasteiger partial charge in [0.1, 0.15) is 23.6 Å². The van der Waals surface area contributed by atoms with Gasteiger partial charge in [0.2, 0.25) is 0 Å². The molecule has 1 aromatic carbocycles. The zero-order valence-electron chi connectivity index (χ0n) is 15.2. The molecule has 6 heteroatoms. The van der Waals surface area contributed by atoms with Gasteiger partial charge in [-0.1, -0.05) is 13.8 Å². The van der Waals surface area contributed by atoms with Crippen LogP contribution in [-0.4, -0.2) is 28.5 Å². The zero-order chi connectivity index (χ0) is 18.2. The highest BCUT2D eigenvalue weighted by Crippen LogP contribution is 2.19. The predicted octanol–water partition coefficient (Wildman–Crippen LogP) is 3.78. The Morgan fingerprint density at radius 2 is 1.84 bits per heavy atom.